The van der Waals surface area contributed by atoms with E-state index in [0.29, 0.717) is 6.07 Å². The molecule has 0 saturated carbocycles. The number of nitrogens with zero attached hydrogens (tertiary/aromatic N) is 2. The van der Waals surface area contributed by atoms with E-state index in [1.54, 1.807) is 0 Å². The lowest BCUT2D eigenvalue weighted by Gasteiger charge is -2.10. The summed E-state index contributed by atoms with van der Waals surface area (Å²) in [5.74, 6) is -0.477. The summed E-state index contributed by atoms with van der Waals surface area (Å²) in [6.07, 6.45) is -4.91. The molecule has 0 fully saturated rings. The Hall–Kier alpha value is -1.81. The second-order valence-electron chi connectivity index (χ2n) is 3.03. The summed E-state index contributed by atoms with van der Waals surface area (Å²) < 4.78 is 37.8. The quantitative estimate of drug-likeness (QED) is 0.468. The molecule has 0 aliphatic heterocycles. The van der Waals surface area contributed by atoms with E-state index >= 15 is 0 Å². The van der Waals surface area contributed by atoms with Crippen molar-refractivity contribution < 1.29 is 18.1 Å². The van der Waals surface area contributed by atoms with Crippen molar-refractivity contribution in [3.63, 3.8) is 0 Å². The molecule has 1 aromatic rings. The molecule has 17 heavy (non-hydrogen) atoms. The summed E-state index contributed by atoms with van der Waals surface area (Å²) in [6, 6.07) is 2.91. The molecule has 0 heterocycles. The van der Waals surface area contributed by atoms with Gasteiger partial charge in [-0.2, -0.15) is 18.4 Å². The van der Waals surface area contributed by atoms with Gasteiger partial charge in [0.05, 0.1) is 22.4 Å². The Morgan fingerprint density at radius 2 is 2.06 bits per heavy atom. The van der Waals surface area contributed by atoms with Crippen LogP contribution in [-0.2, 0) is 12.1 Å². The van der Waals surface area contributed by atoms with Crippen molar-refractivity contribution in [3.8, 4) is 6.07 Å². The van der Waals surface area contributed by atoms with Gasteiger partial charge in [0, 0.05) is 5.56 Å². The van der Waals surface area contributed by atoms with Crippen LogP contribution in [0.3, 0.4) is 0 Å². The molecule has 0 spiro atoms. The van der Waals surface area contributed by atoms with Crippen molar-refractivity contribution in [2.75, 3.05) is 0 Å². The summed E-state index contributed by atoms with van der Waals surface area (Å²) in [5, 5.41) is 19.2. The van der Waals surface area contributed by atoms with E-state index in [2.05, 4.69) is 0 Å². The number of alkyl halides is 4. The number of nitriles is 1. The first-order chi connectivity index (χ1) is 7.81. The summed E-state index contributed by atoms with van der Waals surface area (Å²) in [6.45, 7) is 0. The summed E-state index contributed by atoms with van der Waals surface area (Å²) in [4.78, 5) is 9.46. The Bertz CT molecular complexity index is 508. The average molecular weight is 265 g/mol. The van der Waals surface area contributed by atoms with E-state index in [9.17, 15) is 23.3 Å². The van der Waals surface area contributed by atoms with Crippen LogP contribution in [0.5, 0.6) is 0 Å². The molecular weight excluding hydrogens is 261 g/mol. The van der Waals surface area contributed by atoms with E-state index in [-0.39, 0.29) is 11.1 Å². The van der Waals surface area contributed by atoms with Crippen LogP contribution in [0.15, 0.2) is 12.1 Å². The molecule has 0 amide bonds. The van der Waals surface area contributed by atoms with Gasteiger partial charge in [0.2, 0.25) is 0 Å². The third-order valence-electron chi connectivity index (χ3n) is 1.95. The number of hydrogen-bond donors (Lipinski definition) is 0. The lowest BCUT2D eigenvalue weighted by Crippen LogP contribution is -2.11. The predicted molar refractivity (Wildman–Crippen MR) is 52.4 cm³/mol. The number of nitro groups is 1. The summed E-state index contributed by atoms with van der Waals surface area (Å²) in [7, 11) is 0. The average Bonchev–Trinajstić information content (AvgIpc) is 2.25. The van der Waals surface area contributed by atoms with E-state index in [1.807, 2.05) is 0 Å². The fourth-order valence-electron chi connectivity index (χ4n) is 1.29. The molecule has 0 saturated heterocycles. The zero-order chi connectivity index (χ0) is 13.2. The minimum Gasteiger partial charge on any atom is -0.258 e. The van der Waals surface area contributed by atoms with Crippen LogP contribution in [-0.4, -0.2) is 4.92 Å². The van der Waals surface area contributed by atoms with Crippen LogP contribution in [0.25, 0.3) is 0 Å². The highest BCUT2D eigenvalue weighted by molar-refractivity contribution is 6.17. The molecule has 4 nitrogen and oxygen atoms in total. The first-order valence-corrected chi connectivity index (χ1v) is 4.69. The molecule has 0 aliphatic rings. The minimum atomic E-state index is -4.91. The summed E-state index contributed by atoms with van der Waals surface area (Å²) in [5.41, 5.74) is -3.22. The van der Waals surface area contributed by atoms with Crippen molar-refractivity contribution in [1.82, 2.24) is 0 Å². The van der Waals surface area contributed by atoms with Crippen molar-refractivity contribution in [2.24, 2.45) is 0 Å². The van der Waals surface area contributed by atoms with Gasteiger partial charge in [-0.1, -0.05) is 0 Å². The molecular formula is C9H4ClF3N2O2. The highest BCUT2D eigenvalue weighted by atomic mass is 35.5. The first-order valence-electron chi connectivity index (χ1n) is 4.15. The smallest absolute Gasteiger partial charge is 0.258 e. The normalized spacial score (nSPS) is 11.0. The Labute approximate surface area is 98.4 Å². The monoisotopic (exact) mass is 264 g/mol. The van der Waals surface area contributed by atoms with E-state index in [0.717, 1.165) is 6.07 Å². The van der Waals surface area contributed by atoms with Gasteiger partial charge in [-0.3, -0.25) is 10.1 Å². The Morgan fingerprint density at radius 1 is 1.47 bits per heavy atom. The van der Waals surface area contributed by atoms with Crippen LogP contribution in [0.2, 0.25) is 0 Å². The van der Waals surface area contributed by atoms with Gasteiger partial charge in [0.25, 0.3) is 5.69 Å². The Kier molecular flexibility index (Phi) is 3.58. The maximum absolute atomic E-state index is 12.6. The molecule has 0 aromatic heterocycles. The van der Waals surface area contributed by atoms with Crippen LogP contribution in [0, 0.1) is 21.4 Å². The van der Waals surface area contributed by atoms with E-state index in [1.165, 1.54) is 6.07 Å². The lowest BCUT2D eigenvalue weighted by molar-refractivity contribution is -0.388. The molecule has 0 atom stereocenters. The third kappa shape index (κ3) is 2.65. The Morgan fingerprint density at radius 3 is 2.41 bits per heavy atom. The maximum Gasteiger partial charge on any atom is 0.423 e. The second-order valence-corrected chi connectivity index (χ2v) is 3.30. The van der Waals surface area contributed by atoms with E-state index in [4.69, 9.17) is 16.9 Å². The van der Waals surface area contributed by atoms with Crippen LogP contribution < -0.4 is 0 Å². The minimum absolute atomic E-state index is 0.321. The van der Waals surface area contributed by atoms with Gasteiger partial charge in [0.15, 0.2) is 0 Å². The van der Waals surface area contributed by atoms with Gasteiger partial charge in [-0.05, 0) is 12.1 Å². The van der Waals surface area contributed by atoms with Crippen LogP contribution in [0.1, 0.15) is 16.7 Å². The Balaban J connectivity index is 3.66. The highest BCUT2D eigenvalue weighted by Gasteiger charge is 2.40. The zero-order valence-corrected chi connectivity index (χ0v) is 8.84. The lowest BCUT2D eigenvalue weighted by atomic mass is 10.0. The standard InChI is InChI=1S/C9H4ClF3N2O2/c10-3-6-1-5(4-14)2-7(9(11,12)13)8(6)15(16)17/h1-2H,3H2. The summed E-state index contributed by atoms with van der Waals surface area (Å²) >= 11 is 5.35. The van der Waals surface area contributed by atoms with Crippen LogP contribution in [0.4, 0.5) is 18.9 Å². The largest absolute Gasteiger partial charge is 0.423 e. The number of benzene rings is 1. The molecule has 1 aromatic carbocycles. The molecule has 0 radical (unpaired) electrons. The topological polar surface area (TPSA) is 66.9 Å². The van der Waals surface area contributed by atoms with Crippen molar-refractivity contribution >= 4 is 17.3 Å². The second kappa shape index (κ2) is 4.59. The van der Waals surface area contributed by atoms with Gasteiger partial charge < -0.3 is 0 Å². The molecule has 1 rings (SSSR count). The van der Waals surface area contributed by atoms with Gasteiger partial charge in [-0.15, -0.1) is 11.6 Å². The molecule has 90 valence electrons. The number of hydrogen-bond acceptors (Lipinski definition) is 3. The van der Waals surface area contributed by atoms with Crippen LogP contribution >= 0.6 is 11.6 Å². The molecule has 8 heteroatoms. The molecule has 0 N–H and O–H groups in total. The number of rotatable bonds is 2. The molecule has 0 bridgehead atoms. The highest BCUT2D eigenvalue weighted by Crippen LogP contribution is 2.39. The van der Waals surface area contributed by atoms with Crippen molar-refractivity contribution in [1.29, 1.82) is 5.26 Å². The fraction of sp³-hybridized carbons (Fsp3) is 0.222. The number of nitro benzene ring substituents is 1. The first kappa shape index (κ1) is 13.3. The SMILES string of the molecule is N#Cc1cc(CCl)c([N+](=O)[O-])c(C(F)(F)F)c1. The van der Waals surface area contributed by atoms with Crippen molar-refractivity contribution in [2.45, 2.75) is 12.1 Å². The molecule has 0 aliphatic carbocycles. The van der Waals surface area contributed by atoms with E-state index < -0.39 is 28.2 Å². The number of halogens is 4. The van der Waals surface area contributed by atoms with Gasteiger partial charge >= 0.3 is 6.18 Å². The van der Waals surface area contributed by atoms with Gasteiger partial charge in [0.1, 0.15) is 5.56 Å². The third-order valence-corrected chi connectivity index (χ3v) is 2.24. The zero-order valence-electron chi connectivity index (χ0n) is 8.08. The van der Waals surface area contributed by atoms with Crippen molar-refractivity contribution in [3.05, 3.63) is 38.9 Å². The predicted octanol–water partition coefficient (Wildman–Crippen LogP) is 3.22. The van der Waals surface area contributed by atoms with Gasteiger partial charge in [-0.25, -0.2) is 0 Å². The molecule has 0 unspecified atom stereocenters. The maximum atomic E-state index is 12.6. The fourth-order valence-corrected chi connectivity index (χ4v) is 1.50.